The quantitative estimate of drug-likeness (QED) is 0.832. The van der Waals surface area contributed by atoms with Gasteiger partial charge >= 0.3 is 0 Å². The third kappa shape index (κ3) is 2.61. The highest BCUT2D eigenvalue weighted by atomic mass is 32.1. The lowest BCUT2D eigenvalue weighted by molar-refractivity contribution is -0.117. The fourth-order valence-electron chi connectivity index (χ4n) is 2.96. The number of amides is 1. The van der Waals surface area contributed by atoms with Gasteiger partial charge in [-0.2, -0.15) is 0 Å². The second kappa shape index (κ2) is 4.66. The second-order valence-corrected chi connectivity index (χ2v) is 5.63. The fraction of sp³-hybridized carbons (Fsp3) is 0.800. The number of nitrogens with zero attached hydrogens (tertiary/aromatic N) is 3. The van der Waals surface area contributed by atoms with Gasteiger partial charge in [-0.05, 0) is 36.8 Å². The minimum Gasteiger partial charge on any atom is -0.311 e. The van der Waals surface area contributed by atoms with Crippen molar-refractivity contribution in [3.8, 4) is 0 Å². The predicted octanol–water partition coefficient (Wildman–Crippen LogP) is 0.792. The van der Waals surface area contributed by atoms with E-state index >= 15 is 0 Å². The molecular formula is C10H15N5OS. The van der Waals surface area contributed by atoms with Crippen LogP contribution >= 0.6 is 11.5 Å². The van der Waals surface area contributed by atoms with E-state index in [4.69, 9.17) is 0 Å². The maximum Gasteiger partial charge on any atom is 0.231 e. The molecule has 2 atom stereocenters. The van der Waals surface area contributed by atoms with Crippen molar-refractivity contribution in [2.24, 2.45) is 5.92 Å². The maximum atomic E-state index is 11.8. The van der Waals surface area contributed by atoms with Crippen LogP contribution in [0, 0.1) is 5.92 Å². The first kappa shape index (κ1) is 11.0. The van der Waals surface area contributed by atoms with Gasteiger partial charge in [-0.25, -0.2) is 0 Å². The molecule has 0 saturated carbocycles. The first-order valence-corrected chi connectivity index (χ1v) is 6.78. The summed E-state index contributed by atoms with van der Waals surface area (Å²) in [5.41, 5.74) is 0. The number of fused-ring (bicyclic) bond motifs is 2. The molecule has 92 valence electrons. The topological polar surface area (TPSA) is 79.8 Å². The zero-order chi connectivity index (χ0) is 11.7. The Balaban J connectivity index is 1.51. The highest BCUT2D eigenvalue weighted by molar-refractivity contribution is 7.09. The van der Waals surface area contributed by atoms with Crippen LogP contribution in [0.5, 0.6) is 0 Å². The van der Waals surface area contributed by atoms with Crippen LogP contribution < -0.4 is 10.6 Å². The summed E-state index contributed by atoms with van der Waals surface area (Å²) < 4.78 is 3.61. The molecule has 6 nitrogen and oxygen atoms in total. The third-order valence-electron chi connectivity index (χ3n) is 3.59. The van der Waals surface area contributed by atoms with E-state index in [1.54, 1.807) is 0 Å². The van der Waals surface area contributed by atoms with Crippen molar-refractivity contribution < 1.29 is 4.79 Å². The van der Waals surface area contributed by atoms with E-state index < -0.39 is 0 Å². The Morgan fingerprint density at radius 1 is 1.41 bits per heavy atom. The van der Waals surface area contributed by atoms with Crippen LogP contribution in [-0.4, -0.2) is 32.8 Å². The molecule has 1 aromatic heterocycles. The van der Waals surface area contributed by atoms with Gasteiger partial charge in [0.05, 0.1) is 0 Å². The van der Waals surface area contributed by atoms with Gasteiger partial charge in [-0.1, -0.05) is 9.59 Å². The van der Waals surface area contributed by atoms with Gasteiger partial charge in [0.1, 0.15) is 0 Å². The van der Waals surface area contributed by atoms with Crippen LogP contribution in [0.4, 0.5) is 5.13 Å². The number of piperidine rings is 1. The summed E-state index contributed by atoms with van der Waals surface area (Å²) in [5, 5.41) is 14.0. The van der Waals surface area contributed by atoms with Gasteiger partial charge in [-0.3, -0.25) is 10.1 Å². The normalized spacial score (nSPS) is 31.4. The lowest BCUT2D eigenvalue weighted by Gasteiger charge is -2.28. The Labute approximate surface area is 103 Å². The molecule has 0 aromatic carbocycles. The zero-order valence-corrected chi connectivity index (χ0v) is 10.2. The van der Waals surface area contributed by atoms with Crippen molar-refractivity contribution in [1.29, 1.82) is 0 Å². The molecule has 3 rings (SSSR count). The molecule has 1 aromatic rings. The summed E-state index contributed by atoms with van der Waals surface area (Å²) >= 11 is 1.11. The predicted molar refractivity (Wildman–Crippen MR) is 63.6 cm³/mol. The van der Waals surface area contributed by atoms with E-state index in [1.165, 1.54) is 12.8 Å². The number of aromatic nitrogens is 3. The van der Waals surface area contributed by atoms with Gasteiger partial charge in [0, 0.05) is 30.0 Å². The molecule has 2 unspecified atom stereocenters. The first-order valence-electron chi connectivity index (χ1n) is 6.00. The zero-order valence-electron chi connectivity index (χ0n) is 9.43. The fourth-order valence-corrected chi connectivity index (χ4v) is 3.34. The number of carbonyl (C=O) groups is 1. The molecule has 2 aliphatic heterocycles. The number of rotatable bonds is 3. The summed E-state index contributed by atoms with van der Waals surface area (Å²) in [5.74, 6) is 0.546. The van der Waals surface area contributed by atoms with Crippen LogP contribution in [-0.2, 0) is 4.79 Å². The van der Waals surface area contributed by atoms with Crippen molar-refractivity contribution in [3.63, 3.8) is 0 Å². The molecule has 3 heterocycles. The smallest absolute Gasteiger partial charge is 0.231 e. The highest BCUT2D eigenvalue weighted by Crippen LogP contribution is 2.32. The van der Waals surface area contributed by atoms with Crippen molar-refractivity contribution in [2.45, 2.75) is 44.2 Å². The number of hydrogen-bond acceptors (Lipinski definition) is 6. The lowest BCUT2D eigenvalue weighted by atomic mass is 9.89. The molecule has 1 amide bonds. The summed E-state index contributed by atoms with van der Waals surface area (Å²) in [7, 11) is 0. The standard InChI is InChI=1S/C10H15N5OS/c16-9(12-10-13-14-15-17-10)5-6-3-7-1-2-8(4-6)11-7/h6-8,11H,1-5H2,(H,12,13,15,16). The van der Waals surface area contributed by atoms with Crippen LogP contribution in [0.1, 0.15) is 32.1 Å². The lowest BCUT2D eigenvalue weighted by Crippen LogP contribution is -2.39. The first-order chi connectivity index (χ1) is 8.29. The summed E-state index contributed by atoms with van der Waals surface area (Å²) in [4.78, 5) is 11.8. The Morgan fingerprint density at radius 3 is 2.82 bits per heavy atom. The Hall–Kier alpha value is -1.08. The third-order valence-corrected chi connectivity index (χ3v) is 4.10. The monoisotopic (exact) mass is 253 g/mol. The molecule has 2 N–H and O–H groups in total. The summed E-state index contributed by atoms with van der Waals surface area (Å²) in [6, 6.07) is 1.27. The molecule has 2 saturated heterocycles. The van der Waals surface area contributed by atoms with E-state index in [0.717, 1.165) is 24.4 Å². The van der Waals surface area contributed by atoms with E-state index in [2.05, 4.69) is 25.4 Å². The molecule has 0 aliphatic carbocycles. The molecule has 0 spiro atoms. The number of hydrogen-bond donors (Lipinski definition) is 2. The van der Waals surface area contributed by atoms with E-state index in [9.17, 15) is 4.79 Å². The van der Waals surface area contributed by atoms with Crippen LogP contribution in [0.2, 0.25) is 0 Å². The summed E-state index contributed by atoms with van der Waals surface area (Å²) in [6.45, 7) is 0. The van der Waals surface area contributed by atoms with E-state index in [0.29, 0.717) is 29.6 Å². The SMILES string of the molecule is O=C(CC1CC2CCC(C1)N2)Nc1nnns1. The second-order valence-electron chi connectivity index (χ2n) is 4.90. The van der Waals surface area contributed by atoms with Crippen molar-refractivity contribution in [2.75, 3.05) is 5.32 Å². The Morgan fingerprint density at radius 2 is 2.18 bits per heavy atom. The van der Waals surface area contributed by atoms with Gasteiger partial charge in [-0.15, -0.1) is 0 Å². The Bertz CT molecular complexity index is 383. The van der Waals surface area contributed by atoms with Crippen LogP contribution in [0.3, 0.4) is 0 Å². The molecule has 2 fully saturated rings. The van der Waals surface area contributed by atoms with E-state index in [1.807, 2.05) is 0 Å². The minimum absolute atomic E-state index is 0.0369. The van der Waals surface area contributed by atoms with Gasteiger partial charge < -0.3 is 5.32 Å². The van der Waals surface area contributed by atoms with Gasteiger partial charge in [0.15, 0.2) is 0 Å². The molecule has 17 heavy (non-hydrogen) atoms. The molecule has 0 radical (unpaired) electrons. The van der Waals surface area contributed by atoms with Crippen molar-refractivity contribution in [1.82, 2.24) is 20.1 Å². The van der Waals surface area contributed by atoms with Crippen LogP contribution in [0.15, 0.2) is 0 Å². The number of anilines is 1. The number of carbonyl (C=O) groups excluding carboxylic acids is 1. The maximum absolute atomic E-state index is 11.8. The van der Waals surface area contributed by atoms with Gasteiger partial charge in [0.25, 0.3) is 0 Å². The van der Waals surface area contributed by atoms with Crippen molar-refractivity contribution >= 4 is 22.6 Å². The summed E-state index contributed by atoms with van der Waals surface area (Å²) in [6.07, 6.45) is 5.37. The number of nitrogens with one attached hydrogen (secondary N) is 2. The molecular weight excluding hydrogens is 238 g/mol. The van der Waals surface area contributed by atoms with Crippen LogP contribution in [0.25, 0.3) is 0 Å². The molecule has 7 heteroatoms. The molecule has 2 bridgehead atoms. The van der Waals surface area contributed by atoms with Gasteiger partial charge in [0.2, 0.25) is 11.0 Å². The average Bonchev–Trinajstić information content (AvgIpc) is 2.89. The highest BCUT2D eigenvalue weighted by Gasteiger charge is 2.34. The van der Waals surface area contributed by atoms with E-state index in [-0.39, 0.29) is 5.91 Å². The Kier molecular flexibility index (Phi) is 3.02. The average molecular weight is 253 g/mol. The molecule has 2 aliphatic rings. The minimum atomic E-state index is 0.0369. The largest absolute Gasteiger partial charge is 0.311 e. The van der Waals surface area contributed by atoms with Crippen molar-refractivity contribution in [3.05, 3.63) is 0 Å².